The number of rotatable bonds is 5. The molecule has 7 nitrogen and oxygen atoms in total. The van der Waals surface area contributed by atoms with Crippen LogP contribution in [0.25, 0.3) is 0 Å². The number of hydrogen-bond acceptors (Lipinski definition) is 5. The van der Waals surface area contributed by atoms with E-state index in [1.807, 2.05) is 19.0 Å². The maximum Gasteiger partial charge on any atom is 0.414 e. The molecule has 0 fully saturated rings. The second kappa shape index (κ2) is 7.41. The summed E-state index contributed by atoms with van der Waals surface area (Å²) in [4.78, 5) is 26.2. The average molecular weight is 323 g/mol. The van der Waals surface area contributed by atoms with E-state index >= 15 is 0 Å². The minimum atomic E-state index is -0.597. The first-order valence-corrected chi connectivity index (χ1v) is 7.40. The minimum absolute atomic E-state index is 0.0631. The Morgan fingerprint density at radius 2 is 1.87 bits per heavy atom. The summed E-state index contributed by atoms with van der Waals surface area (Å²) in [7, 11) is 5.40. The van der Waals surface area contributed by atoms with Crippen LogP contribution in [-0.4, -0.2) is 49.2 Å². The van der Waals surface area contributed by atoms with Gasteiger partial charge in [-0.1, -0.05) is 0 Å². The van der Waals surface area contributed by atoms with Crippen molar-refractivity contribution >= 4 is 17.5 Å². The highest BCUT2D eigenvalue weighted by molar-refractivity contribution is 5.87. The zero-order valence-corrected chi connectivity index (χ0v) is 14.6. The molecule has 0 aliphatic carbocycles. The summed E-state index contributed by atoms with van der Waals surface area (Å²) in [5.74, 6) is 0. The van der Waals surface area contributed by atoms with Gasteiger partial charge in [-0.05, 0) is 53.4 Å². The fourth-order valence-corrected chi connectivity index (χ4v) is 1.94. The lowest BCUT2D eigenvalue weighted by molar-refractivity contribution is -0.385. The lowest BCUT2D eigenvalue weighted by atomic mass is 10.1. The topological polar surface area (TPSA) is 75.9 Å². The second-order valence-corrected chi connectivity index (χ2v) is 6.66. The highest BCUT2D eigenvalue weighted by Gasteiger charge is 2.22. The van der Waals surface area contributed by atoms with Crippen molar-refractivity contribution in [2.45, 2.75) is 32.8 Å². The highest BCUT2D eigenvalue weighted by Crippen LogP contribution is 2.26. The number of ether oxygens (including phenoxy) is 1. The third-order valence-electron chi connectivity index (χ3n) is 3.14. The molecule has 0 radical (unpaired) electrons. The Balaban J connectivity index is 3.05. The summed E-state index contributed by atoms with van der Waals surface area (Å²) in [5.41, 5.74) is 0.628. The van der Waals surface area contributed by atoms with Crippen LogP contribution in [0.5, 0.6) is 0 Å². The van der Waals surface area contributed by atoms with Gasteiger partial charge in [-0.25, -0.2) is 4.79 Å². The van der Waals surface area contributed by atoms with E-state index < -0.39 is 16.6 Å². The largest absolute Gasteiger partial charge is 0.443 e. The number of hydrogen-bond donors (Lipinski definition) is 0. The molecule has 0 bridgehead atoms. The number of carbonyl (C=O) groups excluding carboxylic acids is 1. The van der Waals surface area contributed by atoms with Crippen LogP contribution in [0.3, 0.4) is 0 Å². The number of benzene rings is 1. The molecule has 1 aromatic rings. The Kier molecular flexibility index (Phi) is 6.09. The Bertz CT molecular complexity index is 579. The van der Waals surface area contributed by atoms with Crippen LogP contribution in [0.4, 0.5) is 16.2 Å². The molecule has 23 heavy (non-hydrogen) atoms. The SMILES string of the molecule is CN(C)CCc1cc(N(C)C(=O)OC(C)(C)C)ccc1[N+](=O)[O-]. The number of likely N-dealkylation sites (N-methyl/N-ethyl adjacent to an activating group) is 1. The van der Waals surface area contributed by atoms with Crippen molar-refractivity contribution in [2.75, 3.05) is 32.6 Å². The van der Waals surface area contributed by atoms with Gasteiger partial charge in [0.15, 0.2) is 0 Å². The van der Waals surface area contributed by atoms with Gasteiger partial charge >= 0.3 is 6.09 Å². The Morgan fingerprint density at radius 1 is 1.26 bits per heavy atom. The molecule has 1 aromatic carbocycles. The molecular weight excluding hydrogens is 298 g/mol. The second-order valence-electron chi connectivity index (χ2n) is 6.66. The molecular formula is C16H25N3O4. The van der Waals surface area contributed by atoms with Gasteiger partial charge in [0.25, 0.3) is 5.69 Å². The lowest BCUT2D eigenvalue weighted by Crippen LogP contribution is -2.34. The van der Waals surface area contributed by atoms with E-state index in [1.54, 1.807) is 40.0 Å². The predicted molar refractivity (Wildman–Crippen MR) is 90.0 cm³/mol. The molecule has 7 heteroatoms. The van der Waals surface area contributed by atoms with Crippen LogP contribution in [0.15, 0.2) is 18.2 Å². The lowest BCUT2D eigenvalue weighted by Gasteiger charge is -2.25. The number of nitrogens with zero attached hydrogens (tertiary/aromatic N) is 3. The molecule has 1 amide bonds. The van der Waals surface area contributed by atoms with Gasteiger partial charge in [0.2, 0.25) is 0 Å². The van der Waals surface area contributed by atoms with Crippen molar-refractivity contribution in [1.82, 2.24) is 4.90 Å². The summed E-state index contributed by atoms with van der Waals surface area (Å²) in [6.07, 6.45) is 0.0316. The predicted octanol–water partition coefficient (Wildman–Crippen LogP) is 3.07. The van der Waals surface area contributed by atoms with Crippen molar-refractivity contribution in [1.29, 1.82) is 0 Å². The molecule has 0 atom stereocenters. The standard InChI is InChI=1S/C16H25N3O4/c1-16(2,3)23-15(20)18(6)13-7-8-14(19(21)22)12(11-13)9-10-17(4)5/h7-8,11H,9-10H2,1-6H3. The van der Waals surface area contributed by atoms with E-state index in [-0.39, 0.29) is 5.69 Å². The number of nitro groups is 1. The fourth-order valence-electron chi connectivity index (χ4n) is 1.94. The van der Waals surface area contributed by atoms with Crippen molar-refractivity contribution in [3.8, 4) is 0 Å². The molecule has 1 rings (SSSR count). The van der Waals surface area contributed by atoms with Crippen molar-refractivity contribution in [2.24, 2.45) is 0 Å². The van der Waals surface area contributed by atoms with E-state index in [2.05, 4.69) is 0 Å². The maximum atomic E-state index is 12.1. The monoisotopic (exact) mass is 323 g/mol. The number of nitro benzene ring substituents is 1. The smallest absolute Gasteiger partial charge is 0.414 e. The Morgan fingerprint density at radius 3 is 2.35 bits per heavy atom. The van der Waals surface area contributed by atoms with E-state index in [1.165, 1.54) is 11.0 Å². The Hall–Kier alpha value is -2.15. The van der Waals surface area contributed by atoms with E-state index in [4.69, 9.17) is 4.74 Å². The maximum absolute atomic E-state index is 12.1. The summed E-state index contributed by atoms with van der Waals surface area (Å²) < 4.78 is 5.31. The zero-order chi connectivity index (χ0) is 17.8. The summed E-state index contributed by atoms with van der Waals surface area (Å²) in [6, 6.07) is 4.66. The van der Waals surface area contributed by atoms with Crippen LogP contribution >= 0.6 is 0 Å². The van der Waals surface area contributed by atoms with Gasteiger partial charge in [-0.2, -0.15) is 0 Å². The van der Waals surface area contributed by atoms with Crippen LogP contribution in [0, 0.1) is 10.1 Å². The van der Waals surface area contributed by atoms with Crippen molar-refractivity contribution < 1.29 is 14.5 Å². The van der Waals surface area contributed by atoms with E-state index in [0.717, 1.165) is 0 Å². The van der Waals surface area contributed by atoms with Crippen LogP contribution in [0.1, 0.15) is 26.3 Å². The van der Waals surface area contributed by atoms with E-state index in [0.29, 0.717) is 24.2 Å². The first-order chi connectivity index (χ1) is 10.5. The van der Waals surface area contributed by atoms with Crippen molar-refractivity contribution in [3.05, 3.63) is 33.9 Å². The van der Waals surface area contributed by atoms with Crippen molar-refractivity contribution in [3.63, 3.8) is 0 Å². The molecule has 0 saturated carbocycles. The molecule has 128 valence electrons. The summed E-state index contributed by atoms with van der Waals surface area (Å²) in [5, 5.41) is 11.2. The molecule has 0 heterocycles. The molecule has 0 saturated heterocycles. The van der Waals surface area contributed by atoms with Gasteiger partial charge in [-0.15, -0.1) is 0 Å². The summed E-state index contributed by atoms with van der Waals surface area (Å²) >= 11 is 0. The average Bonchev–Trinajstić information content (AvgIpc) is 2.41. The molecule has 0 spiro atoms. The molecule has 0 unspecified atom stereocenters. The van der Waals surface area contributed by atoms with Crippen LogP contribution in [-0.2, 0) is 11.2 Å². The zero-order valence-electron chi connectivity index (χ0n) is 14.6. The highest BCUT2D eigenvalue weighted by atomic mass is 16.6. The van der Waals surface area contributed by atoms with Gasteiger partial charge in [0, 0.05) is 30.9 Å². The minimum Gasteiger partial charge on any atom is -0.443 e. The van der Waals surface area contributed by atoms with Crippen LogP contribution in [0.2, 0.25) is 0 Å². The normalized spacial score (nSPS) is 11.4. The first kappa shape index (κ1) is 18.9. The van der Waals surface area contributed by atoms with Gasteiger partial charge in [0.05, 0.1) is 4.92 Å². The third kappa shape index (κ3) is 5.86. The molecule has 0 aromatic heterocycles. The molecule has 0 aliphatic rings. The van der Waals surface area contributed by atoms with Crippen LogP contribution < -0.4 is 4.90 Å². The third-order valence-corrected chi connectivity index (χ3v) is 3.14. The number of anilines is 1. The fraction of sp³-hybridized carbons (Fsp3) is 0.562. The Labute approximate surface area is 137 Å². The molecule has 0 N–H and O–H groups in total. The first-order valence-electron chi connectivity index (χ1n) is 7.40. The summed E-state index contributed by atoms with van der Waals surface area (Å²) in [6.45, 7) is 6.05. The molecule has 0 aliphatic heterocycles. The van der Waals surface area contributed by atoms with Gasteiger partial charge in [-0.3, -0.25) is 15.0 Å². The van der Waals surface area contributed by atoms with Gasteiger partial charge in [0.1, 0.15) is 5.60 Å². The number of amides is 1. The van der Waals surface area contributed by atoms with E-state index in [9.17, 15) is 14.9 Å². The quantitative estimate of drug-likeness (QED) is 0.615. The van der Waals surface area contributed by atoms with Gasteiger partial charge < -0.3 is 9.64 Å². The number of carbonyl (C=O) groups is 1.